The number of aryl methyl sites for hydroxylation is 1. The molecule has 1 atom stereocenters. The summed E-state index contributed by atoms with van der Waals surface area (Å²) in [5.74, 6) is -0.218. The van der Waals surface area contributed by atoms with Gasteiger partial charge in [-0.05, 0) is 54.8 Å². The predicted octanol–water partition coefficient (Wildman–Crippen LogP) is 2.09. The van der Waals surface area contributed by atoms with E-state index in [-0.39, 0.29) is 34.9 Å². The van der Waals surface area contributed by atoms with Crippen molar-refractivity contribution in [1.29, 1.82) is 5.26 Å². The van der Waals surface area contributed by atoms with Crippen molar-refractivity contribution < 1.29 is 32.1 Å². The third kappa shape index (κ3) is 8.51. The van der Waals surface area contributed by atoms with Crippen molar-refractivity contribution in [1.82, 2.24) is 0 Å². The molecular weight excluding hydrogens is 464 g/mol. The van der Waals surface area contributed by atoms with Crippen molar-refractivity contribution in [3.05, 3.63) is 53.6 Å². The Hall–Kier alpha value is -3.98. The van der Waals surface area contributed by atoms with Gasteiger partial charge in [0.15, 0.2) is 6.10 Å². The SMILES string of the molecule is CC(=O)O.Cc1cc(OCC(ON=C(N)N)C2CC2)cc(OS(=O)(=O)c2ccccc2C#N)c1. The zero-order valence-electron chi connectivity index (χ0n) is 18.7. The second kappa shape index (κ2) is 11.8. The number of carboxylic acids is 1. The molecule has 1 aliphatic carbocycles. The van der Waals surface area contributed by atoms with E-state index < -0.39 is 16.1 Å². The van der Waals surface area contributed by atoms with Crippen LogP contribution in [0.5, 0.6) is 11.5 Å². The molecule has 34 heavy (non-hydrogen) atoms. The summed E-state index contributed by atoms with van der Waals surface area (Å²) < 4.78 is 36.3. The number of guanidine groups is 1. The number of nitrogens with two attached hydrogens (primary N) is 2. The molecule has 1 unspecified atom stereocenters. The third-order valence-corrected chi connectivity index (χ3v) is 5.67. The van der Waals surface area contributed by atoms with Crippen LogP contribution in [0.3, 0.4) is 0 Å². The summed E-state index contributed by atoms with van der Waals surface area (Å²) in [4.78, 5) is 14.1. The maximum atomic E-state index is 12.6. The quantitative estimate of drug-likeness (QED) is 0.203. The lowest BCUT2D eigenvalue weighted by atomic mass is 10.2. The standard InChI is InChI=1S/C20H22N4O5S.C2H4O2/c1-13-8-16(27-12-18(14-6-7-14)28-24-20(22)23)10-17(9-13)29-30(25,26)19-5-3-2-4-15(19)11-21;1-2(3)4/h2-5,8-10,14,18H,6-7,12H2,1H3,(H4,22,23,24);1H3,(H,3,4). The molecule has 2 aromatic carbocycles. The lowest BCUT2D eigenvalue weighted by Gasteiger charge is -2.16. The summed E-state index contributed by atoms with van der Waals surface area (Å²) in [6.45, 7) is 3.05. The molecule has 1 fully saturated rings. The van der Waals surface area contributed by atoms with Gasteiger partial charge in [-0.25, -0.2) is 0 Å². The number of aliphatic carboxylic acids is 1. The highest BCUT2D eigenvalue weighted by molar-refractivity contribution is 7.87. The van der Waals surface area contributed by atoms with Crippen LogP contribution in [0.1, 0.15) is 30.9 Å². The summed E-state index contributed by atoms with van der Waals surface area (Å²) >= 11 is 0. The molecule has 12 heteroatoms. The number of benzene rings is 2. The summed E-state index contributed by atoms with van der Waals surface area (Å²) in [6.07, 6.45) is 1.67. The Morgan fingerprint density at radius 1 is 1.24 bits per heavy atom. The van der Waals surface area contributed by atoms with Crippen LogP contribution in [0.4, 0.5) is 0 Å². The molecule has 0 radical (unpaired) electrons. The number of carbonyl (C=O) groups is 1. The Morgan fingerprint density at radius 2 is 1.85 bits per heavy atom. The van der Waals surface area contributed by atoms with Crippen LogP contribution < -0.4 is 20.4 Å². The fourth-order valence-electron chi connectivity index (χ4n) is 2.82. The van der Waals surface area contributed by atoms with Gasteiger partial charge in [-0.2, -0.15) is 13.7 Å². The van der Waals surface area contributed by atoms with Crippen LogP contribution in [0.25, 0.3) is 0 Å². The maximum Gasteiger partial charge on any atom is 0.340 e. The van der Waals surface area contributed by atoms with Gasteiger partial charge in [0, 0.05) is 18.9 Å². The highest BCUT2D eigenvalue weighted by Crippen LogP contribution is 2.35. The molecule has 1 aliphatic rings. The van der Waals surface area contributed by atoms with Gasteiger partial charge < -0.3 is 30.3 Å². The first kappa shape index (κ1) is 26.3. The first-order valence-corrected chi connectivity index (χ1v) is 11.5. The second-order valence-corrected chi connectivity index (χ2v) is 8.97. The molecule has 0 spiro atoms. The molecule has 0 bridgehead atoms. The third-order valence-electron chi connectivity index (χ3n) is 4.36. The second-order valence-electron chi connectivity index (χ2n) is 7.45. The summed E-state index contributed by atoms with van der Waals surface area (Å²) in [7, 11) is -4.19. The van der Waals surface area contributed by atoms with Crippen molar-refractivity contribution in [2.24, 2.45) is 22.5 Å². The average molecular weight is 491 g/mol. The number of carboxylic acid groups (broad SMARTS) is 1. The molecule has 3 rings (SSSR count). The molecule has 182 valence electrons. The Kier molecular flexibility index (Phi) is 9.09. The predicted molar refractivity (Wildman–Crippen MR) is 122 cm³/mol. The number of hydrogen-bond acceptors (Lipinski definition) is 8. The van der Waals surface area contributed by atoms with Gasteiger partial charge in [-0.1, -0.05) is 12.1 Å². The first-order chi connectivity index (χ1) is 16.0. The minimum atomic E-state index is -4.19. The molecular formula is C22H26N4O7S. The summed E-state index contributed by atoms with van der Waals surface area (Å²) in [5, 5.41) is 20.2. The molecule has 0 saturated heterocycles. The minimum absolute atomic E-state index is 0.00535. The van der Waals surface area contributed by atoms with Crippen molar-refractivity contribution in [2.75, 3.05) is 6.61 Å². The average Bonchev–Trinajstić information content (AvgIpc) is 3.57. The monoisotopic (exact) mass is 490 g/mol. The molecule has 2 aromatic rings. The van der Waals surface area contributed by atoms with Gasteiger partial charge in [0.1, 0.15) is 29.1 Å². The number of rotatable bonds is 9. The van der Waals surface area contributed by atoms with Crippen molar-refractivity contribution >= 4 is 22.0 Å². The maximum absolute atomic E-state index is 12.6. The zero-order valence-corrected chi connectivity index (χ0v) is 19.5. The zero-order chi connectivity index (χ0) is 25.3. The minimum Gasteiger partial charge on any atom is -0.489 e. The van der Waals surface area contributed by atoms with Crippen molar-refractivity contribution in [2.45, 2.75) is 37.7 Å². The van der Waals surface area contributed by atoms with Crippen LogP contribution in [-0.2, 0) is 19.8 Å². The Bertz CT molecular complexity index is 1180. The highest BCUT2D eigenvalue weighted by atomic mass is 32.2. The van der Waals surface area contributed by atoms with Gasteiger partial charge >= 0.3 is 10.1 Å². The van der Waals surface area contributed by atoms with E-state index >= 15 is 0 Å². The van der Waals surface area contributed by atoms with E-state index in [4.69, 9.17) is 40.4 Å². The molecule has 0 heterocycles. The van der Waals surface area contributed by atoms with E-state index in [2.05, 4.69) is 5.16 Å². The van der Waals surface area contributed by atoms with E-state index in [0.29, 0.717) is 11.7 Å². The molecule has 1 saturated carbocycles. The van der Waals surface area contributed by atoms with Gasteiger partial charge in [0.05, 0.1) is 5.56 Å². The number of nitriles is 1. The highest BCUT2D eigenvalue weighted by Gasteiger charge is 2.34. The van der Waals surface area contributed by atoms with Gasteiger partial charge in [-0.3, -0.25) is 4.79 Å². The lowest BCUT2D eigenvalue weighted by Crippen LogP contribution is -2.27. The fourth-order valence-corrected chi connectivity index (χ4v) is 3.89. The molecule has 0 aromatic heterocycles. The normalized spacial score (nSPS) is 13.3. The van der Waals surface area contributed by atoms with E-state index in [9.17, 15) is 8.42 Å². The van der Waals surface area contributed by atoms with Gasteiger partial charge in [0.2, 0.25) is 5.96 Å². The number of nitrogens with zero attached hydrogens (tertiary/aromatic N) is 2. The summed E-state index contributed by atoms with van der Waals surface area (Å²) in [5.41, 5.74) is 11.3. The first-order valence-electron chi connectivity index (χ1n) is 10.1. The molecule has 11 nitrogen and oxygen atoms in total. The van der Waals surface area contributed by atoms with Gasteiger partial charge in [0.25, 0.3) is 5.97 Å². The van der Waals surface area contributed by atoms with Crippen molar-refractivity contribution in [3.63, 3.8) is 0 Å². The molecule has 5 N–H and O–H groups in total. The largest absolute Gasteiger partial charge is 0.489 e. The lowest BCUT2D eigenvalue weighted by molar-refractivity contribution is -0.134. The van der Waals surface area contributed by atoms with Crippen LogP contribution >= 0.6 is 0 Å². The van der Waals surface area contributed by atoms with Gasteiger partial charge in [-0.15, -0.1) is 0 Å². The molecule has 0 aliphatic heterocycles. The van der Waals surface area contributed by atoms with Crippen LogP contribution in [-0.4, -0.2) is 38.2 Å². The van der Waals surface area contributed by atoms with Crippen LogP contribution in [0, 0.1) is 24.2 Å². The smallest absolute Gasteiger partial charge is 0.340 e. The number of ether oxygens (including phenoxy) is 1. The summed E-state index contributed by atoms with van der Waals surface area (Å²) in [6, 6.07) is 12.5. The molecule has 0 amide bonds. The Labute approximate surface area is 197 Å². The van der Waals surface area contributed by atoms with E-state index in [0.717, 1.165) is 25.3 Å². The van der Waals surface area contributed by atoms with E-state index in [1.165, 1.54) is 24.3 Å². The van der Waals surface area contributed by atoms with Crippen LogP contribution in [0.2, 0.25) is 0 Å². The van der Waals surface area contributed by atoms with E-state index in [1.54, 1.807) is 25.1 Å². The number of hydrogen-bond donors (Lipinski definition) is 3. The Morgan fingerprint density at radius 3 is 2.44 bits per heavy atom. The van der Waals surface area contributed by atoms with E-state index in [1.807, 2.05) is 6.07 Å². The number of oxime groups is 1. The van der Waals surface area contributed by atoms with Crippen LogP contribution in [0.15, 0.2) is 52.5 Å². The van der Waals surface area contributed by atoms with Crippen molar-refractivity contribution in [3.8, 4) is 17.6 Å². The Balaban J connectivity index is 0.000000945. The topological polar surface area (TPSA) is 187 Å². The fraction of sp³-hybridized carbons (Fsp3) is 0.318.